The first-order chi connectivity index (χ1) is 19.7. The minimum Gasteiger partial charge on any atom is -0.487 e. The van der Waals surface area contributed by atoms with Gasteiger partial charge in [0.05, 0.1) is 32.9 Å². The Morgan fingerprint density at radius 2 is 1.80 bits per heavy atom. The summed E-state index contributed by atoms with van der Waals surface area (Å²) in [4.78, 5) is 32.3. The summed E-state index contributed by atoms with van der Waals surface area (Å²) in [6, 6.07) is 18.5. The molecule has 1 aromatic heterocycles. The van der Waals surface area contributed by atoms with E-state index < -0.39 is 12.0 Å². The van der Waals surface area contributed by atoms with Gasteiger partial charge in [0.25, 0.3) is 5.56 Å². The molecule has 2 heterocycles. The molecule has 0 N–H and O–H groups in total. The smallest absolute Gasteiger partial charge is 0.338 e. The number of hydrogen-bond acceptors (Lipinski definition) is 6. The lowest BCUT2D eigenvalue weighted by atomic mass is 9.95. The second kappa shape index (κ2) is 12.5. The Balaban J connectivity index is 1.64. The number of carbonyl (C=O) groups is 1. The highest BCUT2D eigenvalue weighted by Gasteiger charge is 2.33. The van der Waals surface area contributed by atoms with Crippen molar-refractivity contribution >= 4 is 66.8 Å². The van der Waals surface area contributed by atoms with Crippen molar-refractivity contribution in [3.05, 3.63) is 128 Å². The molecule has 5 rings (SSSR count). The molecule has 210 valence electrons. The van der Waals surface area contributed by atoms with Crippen LogP contribution in [0.5, 0.6) is 5.75 Å². The SMILES string of the molecule is CCOC(=O)C1=C(C)N=c2s/c(=C\c3cc(Cl)cc(Br)c3OCc3ccc(Br)cc3)c(=O)n2[C@@H]1c1ccc(C)cc1. The van der Waals surface area contributed by atoms with Crippen molar-refractivity contribution in [2.45, 2.75) is 33.4 Å². The summed E-state index contributed by atoms with van der Waals surface area (Å²) in [6.45, 7) is 6.05. The van der Waals surface area contributed by atoms with Crippen LogP contribution < -0.4 is 19.6 Å². The van der Waals surface area contributed by atoms with Gasteiger partial charge in [0.1, 0.15) is 12.4 Å². The standard InChI is InChI=1S/C31H25Br2ClN2O4S/c1-4-39-30(38)26-18(3)35-31-36(27(26)20-9-5-17(2)6-10-20)29(37)25(41-31)14-21-13-23(34)15-24(33)28(21)40-16-19-7-11-22(32)12-8-19/h5-15,27H,4,16H2,1-3H3/b25-14-/t27-/m1/s1. The van der Waals surface area contributed by atoms with Gasteiger partial charge >= 0.3 is 5.97 Å². The molecule has 0 saturated carbocycles. The maximum atomic E-state index is 14.0. The highest BCUT2D eigenvalue weighted by Crippen LogP contribution is 2.34. The zero-order valence-electron chi connectivity index (χ0n) is 22.4. The predicted molar refractivity (Wildman–Crippen MR) is 169 cm³/mol. The minimum atomic E-state index is -0.674. The molecule has 0 saturated heterocycles. The van der Waals surface area contributed by atoms with Crippen LogP contribution in [-0.2, 0) is 16.1 Å². The number of nitrogens with zero attached hydrogens (tertiary/aromatic N) is 2. The number of halogens is 3. The first-order valence-corrected chi connectivity index (χ1v) is 15.6. The molecule has 0 unspecified atom stereocenters. The van der Waals surface area contributed by atoms with Gasteiger partial charge in [0.2, 0.25) is 0 Å². The number of benzene rings is 3. The lowest BCUT2D eigenvalue weighted by Crippen LogP contribution is -2.39. The monoisotopic (exact) mass is 714 g/mol. The first-order valence-electron chi connectivity index (χ1n) is 12.8. The van der Waals surface area contributed by atoms with Crippen molar-refractivity contribution in [3.8, 4) is 5.75 Å². The van der Waals surface area contributed by atoms with E-state index >= 15 is 0 Å². The Kier molecular flexibility index (Phi) is 8.99. The Bertz CT molecular complexity index is 1850. The number of allylic oxidation sites excluding steroid dienone is 1. The normalized spacial score (nSPS) is 15.0. The number of hydrogen-bond donors (Lipinski definition) is 0. The number of ether oxygens (including phenoxy) is 2. The highest BCUT2D eigenvalue weighted by atomic mass is 79.9. The summed E-state index contributed by atoms with van der Waals surface area (Å²) >= 11 is 14.7. The maximum absolute atomic E-state index is 14.0. The van der Waals surface area contributed by atoms with Crippen molar-refractivity contribution < 1.29 is 14.3 Å². The molecule has 41 heavy (non-hydrogen) atoms. The fraction of sp³-hybridized carbons (Fsp3) is 0.194. The number of esters is 1. The van der Waals surface area contributed by atoms with Crippen molar-refractivity contribution in [1.29, 1.82) is 0 Å². The lowest BCUT2D eigenvalue weighted by Gasteiger charge is -2.24. The molecule has 3 aromatic carbocycles. The van der Waals surface area contributed by atoms with E-state index in [2.05, 4.69) is 36.9 Å². The van der Waals surface area contributed by atoms with Gasteiger partial charge in [0.15, 0.2) is 4.80 Å². The molecule has 6 nitrogen and oxygen atoms in total. The van der Waals surface area contributed by atoms with Gasteiger partial charge in [-0.2, -0.15) is 0 Å². The Hall–Kier alpha value is -2.98. The van der Waals surface area contributed by atoms with Crippen LogP contribution in [0.25, 0.3) is 6.08 Å². The summed E-state index contributed by atoms with van der Waals surface area (Å²) in [5.74, 6) is 0.0673. The van der Waals surface area contributed by atoms with Crippen LogP contribution in [0.3, 0.4) is 0 Å². The molecule has 0 spiro atoms. The average Bonchev–Trinajstić information content (AvgIpc) is 3.23. The van der Waals surface area contributed by atoms with E-state index in [1.54, 1.807) is 36.6 Å². The van der Waals surface area contributed by atoms with E-state index in [0.29, 0.717) is 48.0 Å². The fourth-order valence-corrected chi connectivity index (χ4v) is 6.82. The summed E-state index contributed by atoms with van der Waals surface area (Å²) in [7, 11) is 0. The highest BCUT2D eigenvalue weighted by molar-refractivity contribution is 9.10. The van der Waals surface area contributed by atoms with E-state index in [-0.39, 0.29) is 12.2 Å². The molecule has 0 fully saturated rings. The second-order valence-corrected chi connectivity index (χ2v) is 12.6. The van der Waals surface area contributed by atoms with Gasteiger partial charge in [-0.1, -0.05) is 80.8 Å². The van der Waals surface area contributed by atoms with Gasteiger partial charge in [-0.05, 0) is 78.2 Å². The fourth-order valence-electron chi connectivity index (χ4n) is 4.57. The molecule has 1 atom stereocenters. The van der Waals surface area contributed by atoms with Crippen molar-refractivity contribution in [2.24, 2.45) is 4.99 Å². The van der Waals surface area contributed by atoms with Crippen LogP contribution in [0.1, 0.15) is 42.1 Å². The molecule has 1 aliphatic rings. The summed E-state index contributed by atoms with van der Waals surface area (Å²) in [6.07, 6.45) is 1.76. The number of rotatable bonds is 7. The number of thiazole rings is 1. The third kappa shape index (κ3) is 6.28. The maximum Gasteiger partial charge on any atom is 0.338 e. The summed E-state index contributed by atoms with van der Waals surface area (Å²) in [5, 5.41) is 0.491. The number of fused-ring (bicyclic) bond motifs is 1. The van der Waals surface area contributed by atoms with Crippen molar-refractivity contribution in [2.75, 3.05) is 6.61 Å². The van der Waals surface area contributed by atoms with E-state index in [1.165, 1.54) is 11.3 Å². The third-order valence-electron chi connectivity index (χ3n) is 6.53. The molecular formula is C31H25Br2ClN2O4S. The van der Waals surface area contributed by atoms with E-state index in [4.69, 9.17) is 21.1 Å². The van der Waals surface area contributed by atoms with Gasteiger partial charge in [-0.25, -0.2) is 9.79 Å². The Labute approximate surface area is 262 Å². The molecular weight excluding hydrogens is 692 g/mol. The Morgan fingerprint density at radius 1 is 1.10 bits per heavy atom. The van der Waals surface area contributed by atoms with Gasteiger partial charge in [0, 0.05) is 15.1 Å². The summed E-state index contributed by atoms with van der Waals surface area (Å²) < 4.78 is 15.2. The third-order valence-corrected chi connectivity index (χ3v) is 8.85. The number of carbonyl (C=O) groups excluding carboxylic acids is 1. The van der Waals surface area contributed by atoms with Crippen LogP contribution >= 0.6 is 54.8 Å². The van der Waals surface area contributed by atoms with Crippen LogP contribution in [0.2, 0.25) is 5.02 Å². The molecule has 0 bridgehead atoms. The van der Waals surface area contributed by atoms with Gasteiger partial charge in [-0.15, -0.1) is 0 Å². The lowest BCUT2D eigenvalue weighted by molar-refractivity contribution is -0.139. The van der Waals surface area contributed by atoms with E-state index in [9.17, 15) is 9.59 Å². The Morgan fingerprint density at radius 3 is 2.49 bits per heavy atom. The molecule has 10 heteroatoms. The zero-order chi connectivity index (χ0) is 29.3. The average molecular weight is 717 g/mol. The topological polar surface area (TPSA) is 69.9 Å². The van der Waals surface area contributed by atoms with Crippen LogP contribution in [0, 0.1) is 6.92 Å². The zero-order valence-corrected chi connectivity index (χ0v) is 27.2. The van der Waals surface area contributed by atoms with Gasteiger partial charge < -0.3 is 9.47 Å². The van der Waals surface area contributed by atoms with Crippen LogP contribution in [0.4, 0.5) is 0 Å². The first kappa shape index (κ1) is 29.5. The minimum absolute atomic E-state index is 0.216. The van der Waals surface area contributed by atoms with Gasteiger partial charge in [-0.3, -0.25) is 9.36 Å². The second-order valence-electron chi connectivity index (χ2n) is 9.43. The predicted octanol–water partition coefficient (Wildman–Crippen LogP) is 6.86. The number of aromatic nitrogens is 1. The van der Waals surface area contributed by atoms with E-state index in [1.807, 2.05) is 55.5 Å². The largest absolute Gasteiger partial charge is 0.487 e. The van der Waals surface area contributed by atoms with Crippen LogP contribution in [-0.4, -0.2) is 17.1 Å². The quantitative estimate of drug-likeness (QED) is 0.196. The van der Waals surface area contributed by atoms with Crippen molar-refractivity contribution in [3.63, 3.8) is 0 Å². The number of aryl methyl sites for hydroxylation is 1. The summed E-state index contributed by atoms with van der Waals surface area (Å²) in [5.41, 5.74) is 4.08. The molecule has 4 aromatic rings. The molecule has 0 aliphatic carbocycles. The molecule has 1 aliphatic heterocycles. The van der Waals surface area contributed by atoms with E-state index in [0.717, 1.165) is 21.2 Å². The molecule has 0 radical (unpaired) electrons. The molecule has 0 amide bonds. The van der Waals surface area contributed by atoms with Crippen molar-refractivity contribution in [1.82, 2.24) is 4.57 Å². The van der Waals surface area contributed by atoms with Crippen LogP contribution in [0.15, 0.2) is 90.7 Å².